The van der Waals surface area contributed by atoms with Crippen LogP contribution < -0.4 is 0 Å². The summed E-state index contributed by atoms with van der Waals surface area (Å²) < 4.78 is 20.8. The Bertz CT molecular complexity index is 123. The van der Waals surface area contributed by atoms with E-state index < -0.39 is 11.6 Å². The Morgan fingerprint density at radius 1 is 0.692 bits per heavy atom. The van der Waals surface area contributed by atoms with Gasteiger partial charge in [-0.25, -0.2) is 0 Å². The van der Waals surface area contributed by atoms with Crippen LogP contribution in [0.2, 0.25) is 0 Å². The topological polar surface area (TPSA) is 36.9 Å². The lowest BCUT2D eigenvalue weighted by atomic mass is 10.1. The van der Waals surface area contributed by atoms with Crippen LogP contribution >= 0.6 is 0 Å². The van der Waals surface area contributed by atoms with Gasteiger partial charge in [-0.15, -0.1) is 0 Å². The molecule has 0 aromatic heterocycles. The lowest BCUT2D eigenvalue weighted by Gasteiger charge is -2.35. The Hall–Kier alpha value is -0.160. The molecule has 0 spiro atoms. The molecule has 0 atom stereocenters. The van der Waals surface area contributed by atoms with Gasteiger partial charge in [0.25, 0.3) is 0 Å². The Morgan fingerprint density at radius 3 is 1.08 bits per heavy atom. The van der Waals surface area contributed by atoms with E-state index in [0.717, 1.165) is 0 Å². The van der Waals surface area contributed by atoms with E-state index in [2.05, 4.69) is 0 Å². The third-order valence-corrected chi connectivity index (χ3v) is 2.37. The molecule has 4 nitrogen and oxygen atoms in total. The first-order valence-electron chi connectivity index (χ1n) is 4.16. The molecule has 0 bridgehead atoms. The van der Waals surface area contributed by atoms with Gasteiger partial charge >= 0.3 is 0 Å². The van der Waals surface area contributed by atoms with E-state index in [1.807, 2.05) is 13.8 Å². The molecule has 0 saturated carbocycles. The second kappa shape index (κ2) is 4.91. The van der Waals surface area contributed by atoms with Crippen LogP contribution in [0.15, 0.2) is 0 Å². The van der Waals surface area contributed by atoms with Crippen LogP contribution in [0, 0.1) is 0 Å². The average Bonchev–Trinajstić information content (AvgIpc) is 2.17. The van der Waals surface area contributed by atoms with Gasteiger partial charge in [0.1, 0.15) is 0 Å². The zero-order chi connectivity index (χ0) is 10.5. The molecule has 0 unspecified atom stereocenters. The Labute approximate surface area is 80.1 Å². The normalized spacial score (nSPS) is 13.4. The van der Waals surface area contributed by atoms with E-state index in [9.17, 15) is 0 Å². The molecule has 0 aromatic rings. The number of methoxy groups -OCH3 is 4. The maximum atomic E-state index is 5.20. The summed E-state index contributed by atoms with van der Waals surface area (Å²) >= 11 is 0. The van der Waals surface area contributed by atoms with Crippen molar-refractivity contribution < 1.29 is 18.9 Å². The molecule has 80 valence electrons. The summed E-state index contributed by atoms with van der Waals surface area (Å²) in [7, 11) is 6.37. The third kappa shape index (κ3) is 3.60. The molecule has 0 radical (unpaired) electrons. The van der Waals surface area contributed by atoms with Crippen LogP contribution in [-0.2, 0) is 18.9 Å². The zero-order valence-electron chi connectivity index (χ0n) is 9.34. The third-order valence-electron chi connectivity index (χ3n) is 2.37. The smallest absolute Gasteiger partial charge is 0.169 e. The summed E-state index contributed by atoms with van der Waals surface area (Å²) in [6.45, 7) is 3.67. The largest absolute Gasteiger partial charge is 0.353 e. The first-order chi connectivity index (χ1) is 5.95. The average molecular weight is 192 g/mol. The minimum atomic E-state index is -0.680. The molecule has 0 amide bonds. The molecule has 0 aliphatic heterocycles. The maximum Gasteiger partial charge on any atom is 0.169 e. The summed E-state index contributed by atoms with van der Waals surface area (Å²) in [5.41, 5.74) is 0. The molecule has 0 rings (SSSR count). The van der Waals surface area contributed by atoms with Crippen molar-refractivity contribution in [2.45, 2.75) is 31.8 Å². The van der Waals surface area contributed by atoms with Gasteiger partial charge in [0.15, 0.2) is 11.6 Å². The van der Waals surface area contributed by atoms with Crippen molar-refractivity contribution in [1.82, 2.24) is 0 Å². The van der Waals surface area contributed by atoms with Gasteiger partial charge in [-0.2, -0.15) is 0 Å². The van der Waals surface area contributed by atoms with Crippen LogP contribution in [0.5, 0.6) is 0 Å². The van der Waals surface area contributed by atoms with E-state index >= 15 is 0 Å². The minimum Gasteiger partial charge on any atom is -0.353 e. The fraction of sp³-hybridized carbons (Fsp3) is 1.00. The second-order valence-electron chi connectivity index (χ2n) is 3.26. The van der Waals surface area contributed by atoms with Crippen LogP contribution in [0.25, 0.3) is 0 Å². The number of hydrogen-bond acceptors (Lipinski definition) is 4. The van der Waals surface area contributed by atoms with Gasteiger partial charge in [-0.05, 0) is 13.8 Å². The summed E-state index contributed by atoms with van der Waals surface area (Å²) in [5, 5.41) is 0. The SMILES string of the molecule is COC(C)(CC(C)(OC)OC)OC. The molecule has 0 N–H and O–H groups in total. The van der Waals surface area contributed by atoms with E-state index in [-0.39, 0.29) is 0 Å². The van der Waals surface area contributed by atoms with Crippen LogP contribution in [0.4, 0.5) is 0 Å². The first kappa shape index (κ1) is 12.8. The highest BCUT2D eigenvalue weighted by Gasteiger charge is 2.35. The molecule has 4 heteroatoms. The highest BCUT2D eigenvalue weighted by molar-refractivity contribution is 4.73. The predicted octanol–water partition coefficient (Wildman–Crippen LogP) is 1.39. The molecule has 0 fully saturated rings. The van der Waals surface area contributed by atoms with E-state index in [0.29, 0.717) is 6.42 Å². The maximum absolute atomic E-state index is 5.20. The number of rotatable bonds is 6. The van der Waals surface area contributed by atoms with Crippen molar-refractivity contribution in [3.8, 4) is 0 Å². The summed E-state index contributed by atoms with van der Waals surface area (Å²) in [6.07, 6.45) is 0.500. The molecule has 0 aromatic carbocycles. The molecule has 0 aliphatic carbocycles. The lowest BCUT2D eigenvalue weighted by Crippen LogP contribution is -2.42. The summed E-state index contributed by atoms with van der Waals surface area (Å²) in [6, 6.07) is 0. The Morgan fingerprint density at radius 2 is 0.923 bits per heavy atom. The monoisotopic (exact) mass is 192 g/mol. The molecule has 0 saturated heterocycles. The van der Waals surface area contributed by atoms with Gasteiger partial charge in [0.2, 0.25) is 0 Å². The van der Waals surface area contributed by atoms with Crippen molar-refractivity contribution in [3.63, 3.8) is 0 Å². The molecule has 0 aliphatic rings. The lowest BCUT2D eigenvalue weighted by molar-refractivity contribution is -0.278. The van der Waals surface area contributed by atoms with Crippen molar-refractivity contribution in [2.75, 3.05) is 28.4 Å². The van der Waals surface area contributed by atoms with Gasteiger partial charge in [-0.1, -0.05) is 0 Å². The van der Waals surface area contributed by atoms with Crippen molar-refractivity contribution in [2.24, 2.45) is 0 Å². The van der Waals surface area contributed by atoms with Gasteiger partial charge < -0.3 is 18.9 Å². The van der Waals surface area contributed by atoms with Gasteiger partial charge in [0, 0.05) is 28.4 Å². The van der Waals surface area contributed by atoms with Crippen LogP contribution in [0.3, 0.4) is 0 Å². The van der Waals surface area contributed by atoms with Crippen molar-refractivity contribution in [3.05, 3.63) is 0 Å². The molecule has 13 heavy (non-hydrogen) atoms. The quantitative estimate of drug-likeness (QED) is 0.596. The molecular weight excluding hydrogens is 172 g/mol. The van der Waals surface area contributed by atoms with E-state index in [1.54, 1.807) is 28.4 Å². The van der Waals surface area contributed by atoms with Crippen molar-refractivity contribution >= 4 is 0 Å². The molecule has 0 heterocycles. The standard InChI is InChI=1S/C9H20O4/c1-8(10-3,11-4)7-9(2,12-5)13-6/h7H2,1-6H3. The summed E-state index contributed by atoms with van der Waals surface area (Å²) in [5.74, 6) is -1.36. The van der Waals surface area contributed by atoms with Gasteiger partial charge in [0.05, 0.1) is 6.42 Å². The van der Waals surface area contributed by atoms with Gasteiger partial charge in [-0.3, -0.25) is 0 Å². The Kier molecular flexibility index (Phi) is 4.85. The molecular formula is C9H20O4. The number of ether oxygens (including phenoxy) is 4. The second-order valence-corrected chi connectivity index (χ2v) is 3.26. The summed E-state index contributed by atoms with van der Waals surface area (Å²) in [4.78, 5) is 0. The van der Waals surface area contributed by atoms with Crippen molar-refractivity contribution in [1.29, 1.82) is 0 Å². The highest BCUT2D eigenvalue weighted by Crippen LogP contribution is 2.26. The van der Waals surface area contributed by atoms with E-state index in [4.69, 9.17) is 18.9 Å². The zero-order valence-corrected chi connectivity index (χ0v) is 9.34. The first-order valence-corrected chi connectivity index (χ1v) is 4.16. The van der Waals surface area contributed by atoms with E-state index in [1.165, 1.54) is 0 Å². The van der Waals surface area contributed by atoms with Crippen LogP contribution in [0.1, 0.15) is 20.3 Å². The van der Waals surface area contributed by atoms with Crippen LogP contribution in [-0.4, -0.2) is 40.0 Å². The fourth-order valence-corrected chi connectivity index (χ4v) is 1.04. The number of hydrogen-bond donors (Lipinski definition) is 0. The fourth-order valence-electron chi connectivity index (χ4n) is 1.04. The predicted molar refractivity (Wildman–Crippen MR) is 49.5 cm³/mol. The minimum absolute atomic E-state index is 0.500. The Balaban J connectivity index is 4.36. The highest BCUT2D eigenvalue weighted by atomic mass is 16.7.